The summed E-state index contributed by atoms with van der Waals surface area (Å²) in [5.74, 6) is 2.96. The van der Waals surface area contributed by atoms with E-state index in [1.165, 1.54) is 16.7 Å². The van der Waals surface area contributed by atoms with Crippen molar-refractivity contribution in [3.05, 3.63) is 88.0 Å². The number of hydrogen-bond acceptors (Lipinski definition) is 3. The van der Waals surface area contributed by atoms with Gasteiger partial charge in [-0.25, -0.2) is 0 Å². The summed E-state index contributed by atoms with van der Waals surface area (Å²) in [5, 5.41) is 0. The van der Waals surface area contributed by atoms with Crippen molar-refractivity contribution in [1.29, 1.82) is 0 Å². The van der Waals surface area contributed by atoms with E-state index in [-0.39, 0.29) is 33.5 Å². The Bertz CT molecular complexity index is 1350. The molecule has 0 aliphatic heterocycles. The lowest BCUT2D eigenvalue weighted by atomic mass is 9.80. The fourth-order valence-corrected chi connectivity index (χ4v) is 6.14. The Morgan fingerprint density at radius 3 is 1.07 bits per heavy atom. The molecule has 0 atom stereocenters. The summed E-state index contributed by atoms with van der Waals surface area (Å²) in [6.45, 7) is 35.8. The maximum atomic E-state index is 6.83. The fourth-order valence-electron chi connectivity index (χ4n) is 5.06. The minimum absolute atomic E-state index is 0.0260. The van der Waals surface area contributed by atoms with Gasteiger partial charge in [0, 0.05) is 5.56 Å². The number of hydrogen-bond donors (Lipinski definition) is 0. The first kappa shape index (κ1) is 36.0. The van der Waals surface area contributed by atoms with Gasteiger partial charge in [0.05, 0.1) is 0 Å². The van der Waals surface area contributed by atoms with Crippen molar-refractivity contribution < 1.29 is 13.6 Å². The second kappa shape index (κ2) is 13.1. The molecule has 0 radical (unpaired) electrons. The topological polar surface area (TPSA) is 27.7 Å². The van der Waals surface area contributed by atoms with Gasteiger partial charge in [-0.2, -0.15) is 0 Å². The first-order valence-corrected chi connectivity index (χ1v) is 17.4. The molecule has 0 N–H and O–H groups in total. The summed E-state index contributed by atoms with van der Waals surface area (Å²) in [4.78, 5) is 0. The Kier molecular flexibility index (Phi) is 10.7. The summed E-state index contributed by atoms with van der Waals surface area (Å²) >= 11 is 0. The van der Waals surface area contributed by atoms with Crippen LogP contribution in [0.15, 0.2) is 54.6 Å². The zero-order valence-electron chi connectivity index (χ0n) is 30.5. The van der Waals surface area contributed by atoms with Gasteiger partial charge in [-0.1, -0.05) is 147 Å². The molecule has 0 amide bonds. The van der Waals surface area contributed by atoms with Crippen LogP contribution in [0, 0.1) is 0 Å². The van der Waals surface area contributed by atoms with E-state index in [0.29, 0.717) is 0 Å². The van der Waals surface area contributed by atoms with Crippen LogP contribution in [-0.2, 0) is 21.7 Å². The lowest BCUT2D eigenvalue weighted by Gasteiger charge is -2.29. The highest BCUT2D eigenvalue weighted by Gasteiger charge is 2.30. The Balaban J connectivity index is 2.17. The molecular formula is C40H59O3P. The van der Waals surface area contributed by atoms with E-state index < -0.39 is 8.60 Å². The molecule has 0 saturated heterocycles. The molecule has 0 bridgehead atoms. The minimum Gasteiger partial charge on any atom is -0.408 e. The first-order chi connectivity index (χ1) is 20.0. The standard InChI is InChI=1S/C40H59O3P/c1-26(2)31-23-28(37(5,6)7)17-20-34(31)41-44(42-35-21-18-29(38(8,9)10)24-32(35)27(3)4)43-36-22-19-30(39(11,12)13)25-33(36)40(14,15)16/h17-27H,1-16H3. The molecule has 0 unspecified atom stereocenters. The zero-order valence-corrected chi connectivity index (χ0v) is 31.4. The normalized spacial score (nSPS) is 13.2. The molecule has 242 valence electrons. The second-order valence-electron chi connectivity index (χ2n) is 17.0. The Morgan fingerprint density at radius 1 is 0.432 bits per heavy atom. The smallest absolute Gasteiger partial charge is 0.408 e. The molecule has 0 aliphatic rings. The van der Waals surface area contributed by atoms with Crippen LogP contribution in [0.25, 0.3) is 0 Å². The number of rotatable bonds is 8. The van der Waals surface area contributed by atoms with Gasteiger partial charge < -0.3 is 13.6 Å². The molecule has 0 saturated carbocycles. The molecule has 3 rings (SSSR count). The van der Waals surface area contributed by atoms with Crippen LogP contribution >= 0.6 is 8.60 Å². The van der Waals surface area contributed by atoms with Crippen LogP contribution in [-0.4, -0.2) is 0 Å². The van der Waals surface area contributed by atoms with Crippen molar-refractivity contribution in [1.82, 2.24) is 0 Å². The molecular weight excluding hydrogens is 559 g/mol. The van der Waals surface area contributed by atoms with Gasteiger partial charge in [-0.05, 0) is 79.5 Å². The van der Waals surface area contributed by atoms with E-state index in [1.807, 2.05) is 0 Å². The SMILES string of the molecule is CC(C)c1cc(C(C)(C)C)ccc1OP(Oc1ccc(C(C)(C)C)cc1C(C)C)Oc1ccc(C(C)(C)C)cc1C(C)(C)C. The van der Waals surface area contributed by atoms with Gasteiger partial charge >= 0.3 is 8.60 Å². The molecule has 44 heavy (non-hydrogen) atoms. The van der Waals surface area contributed by atoms with E-state index in [0.717, 1.165) is 33.9 Å². The predicted molar refractivity (Wildman–Crippen MR) is 191 cm³/mol. The largest absolute Gasteiger partial charge is 0.530 e. The highest BCUT2D eigenvalue weighted by Crippen LogP contribution is 2.49. The van der Waals surface area contributed by atoms with Gasteiger partial charge in [0.1, 0.15) is 17.2 Å². The van der Waals surface area contributed by atoms with E-state index in [1.54, 1.807) is 0 Å². The van der Waals surface area contributed by atoms with Crippen molar-refractivity contribution in [3.8, 4) is 17.2 Å². The average molecular weight is 619 g/mol. The van der Waals surface area contributed by atoms with Crippen molar-refractivity contribution in [2.75, 3.05) is 0 Å². The highest BCUT2D eigenvalue weighted by atomic mass is 31.2. The third-order valence-corrected chi connectivity index (χ3v) is 9.21. The van der Waals surface area contributed by atoms with E-state index in [9.17, 15) is 0 Å². The van der Waals surface area contributed by atoms with E-state index in [2.05, 4.69) is 165 Å². The van der Waals surface area contributed by atoms with Gasteiger partial charge in [0.15, 0.2) is 0 Å². The van der Waals surface area contributed by atoms with Crippen molar-refractivity contribution in [3.63, 3.8) is 0 Å². The predicted octanol–water partition coefficient (Wildman–Crippen LogP) is 12.9. The lowest BCUT2D eigenvalue weighted by Crippen LogP contribution is -2.18. The van der Waals surface area contributed by atoms with Crippen LogP contribution < -0.4 is 13.6 Å². The number of benzene rings is 3. The third-order valence-electron chi connectivity index (χ3n) is 8.17. The third kappa shape index (κ3) is 9.03. The highest BCUT2D eigenvalue weighted by molar-refractivity contribution is 7.43. The van der Waals surface area contributed by atoms with Gasteiger partial charge in [0.2, 0.25) is 0 Å². The first-order valence-electron chi connectivity index (χ1n) is 16.3. The van der Waals surface area contributed by atoms with Gasteiger partial charge in [0.25, 0.3) is 0 Å². The maximum Gasteiger partial charge on any atom is 0.530 e. The zero-order chi connectivity index (χ0) is 33.4. The van der Waals surface area contributed by atoms with Crippen molar-refractivity contribution >= 4 is 8.60 Å². The van der Waals surface area contributed by atoms with Crippen LogP contribution in [0.3, 0.4) is 0 Å². The summed E-state index contributed by atoms with van der Waals surface area (Å²) < 4.78 is 20.4. The van der Waals surface area contributed by atoms with Crippen LogP contribution in [0.1, 0.15) is 156 Å². The quantitative estimate of drug-likeness (QED) is 0.235. The summed E-state index contributed by atoms with van der Waals surface area (Å²) in [5.41, 5.74) is 7.27. The molecule has 4 heteroatoms. The average Bonchev–Trinajstić information content (AvgIpc) is 2.86. The van der Waals surface area contributed by atoms with Crippen LogP contribution in [0.4, 0.5) is 0 Å². The van der Waals surface area contributed by atoms with Gasteiger partial charge in [-0.3, -0.25) is 0 Å². The summed E-state index contributed by atoms with van der Waals surface area (Å²) in [6, 6.07) is 19.7. The molecule has 0 aliphatic carbocycles. The Morgan fingerprint density at radius 2 is 0.750 bits per heavy atom. The van der Waals surface area contributed by atoms with Crippen LogP contribution in [0.5, 0.6) is 17.2 Å². The monoisotopic (exact) mass is 618 g/mol. The Labute approximate surface area is 271 Å². The lowest BCUT2D eigenvalue weighted by molar-refractivity contribution is 0.377. The Hall–Kier alpha value is -2.51. The second-order valence-corrected chi connectivity index (χ2v) is 18.0. The molecule has 3 nitrogen and oxygen atoms in total. The van der Waals surface area contributed by atoms with Gasteiger partial charge in [-0.15, -0.1) is 0 Å². The molecule has 0 heterocycles. The van der Waals surface area contributed by atoms with Crippen LogP contribution in [0.2, 0.25) is 0 Å². The molecule has 0 spiro atoms. The molecule has 3 aromatic rings. The maximum absolute atomic E-state index is 6.83. The summed E-state index contributed by atoms with van der Waals surface area (Å²) in [7, 11) is -1.85. The molecule has 0 aromatic heterocycles. The fraction of sp³-hybridized carbons (Fsp3) is 0.550. The summed E-state index contributed by atoms with van der Waals surface area (Å²) in [6.07, 6.45) is 0. The van der Waals surface area contributed by atoms with E-state index >= 15 is 0 Å². The van der Waals surface area contributed by atoms with E-state index in [4.69, 9.17) is 13.6 Å². The van der Waals surface area contributed by atoms with Crippen molar-refractivity contribution in [2.24, 2.45) is 0 Å². The van der Waals surface area contributed by atoms with Crippen molar-refractivity contribution in [2.45, 2.75) is 144 Å². The molecule has 3 aromatic carbocycles. The molecule has 0 fully saturated rings. The minimum atomic E-state index is -1.85.